The van der Waals surface area contributed by atoms with E-state index in [0.29, 0.717) is 0 Å². The highest BCUT2D eigenvalue weighted by atomic mass is 35.5. The summed E-state index contributed by atoms with van der Waals surface area (Å²) in [5.74, 6) is 1.63. The molecule has 0 bridgehead atoms. The maximum atomic E-state index is 5.76. The average molecular weight is 234 g/mol. The number of nitrogens with zero attached hydrogens (tertiary/aromatic N) is 1. The van der Waals surface area contributed by atoms with Gasteiger partial charge in [-0.05, 0) is 45.6 Å². The minimum Gasteiger partial charge on any atom is -0.379 e. The van der Waals surface area contributed by atoms with E-state index in [0.717, 1.165) is 24.8 Å². The highest BCUT2D eigenvalue weighted by Gasteiger charge is 2.24. The molecule has 1 heterocycles. The maximum absolute atomic E-state index is 5.76. The minimum absolute atomic E-state index is 0.0184. The van der Waals surface area contributed by atoms with Crippen molar-refractivity contribution >= 4 is 11.6 Å². The fraction of sp³-hybridized carbons (Fsp3) is 1.00. The SMILES string of the molecule is COC(C)(C)CCN1CCC(CCCl)C1. The van der Waals surface area contributed by atoms with Crippen molar-refractivity contribution in [2.24, 2.45) is 5.92 Å². The van der Waals surface area contributed by atoms with Gasteiger partial charge in [-0.25, -0.2) is 0 Å². The largest absolute Gasteiger partial charge is 0.379 e. The zero-order chi connectivity index (χ0) is 11.3. The van der Waals surface area contributed by atoms with Gasteiger partial charge in [0.15, 0.2) is 0 Å². The molecule has 0 N–H and O–H groups in total. The lowest BCUT2D eigenvalue weighted by molar-refractivity contribution is 0.00877. The van der Waals surface area contributed by atoms with E-state index in [2.05, 4.69) is 18.7 Å². The Labute approximate surface area is 98.9 Å². The summed E-state index contributed by atoms with van der Waals surface area (Å²) in [6.45, 7) is 7.92. The van der Waals surface area contributed by atoms with Crippen molar-refractivity contribution in [1.82, 2.24) is 4.90 Å². The molecule has 3 heteroatoms. The van der Waals surface area contributed by atoms with Gasteiger partial charge in [0.05, 0.1) is 5.60 Å². The van der Waals surface area contributed by atoms with Gasteiger partial charge in [-0.1, -0.05) is 0 Å². The molecule has 2 nitrogen and oxygen atoms in total. The Morgan fingerprint density at radius 1 is 1.47 bits per heavy atom. The zero-order valence-corrected chi connectivity index (χ0v) is 11.0. The van der Waals surface area contributed by atoms with Crippen molar-refractivity contribution in [3.63, 3.8) is 0 Å². The van der Waals surface area contributed by atoms with Crippen LogP contribution in [0.3, 0.4) is 0 Å². The first kappa shape index (κ1) is 13.3. The van der Waals surface area contributed by atoms with Crippen LogP contribution in [-0.2, 0) is 4.74 Å². The van der Waals surface area contributed by atoms with E-state index in [-0.39, 0.29) is 5.60 Å². The van der Waals surface area contributed by atoms with Crippen LogP contribution in [0, 0.1) is 5.92 Å². The Morgan fingerprint density at radius 2 is 2.20 bits per heavy atom. The Morgan fingerprint density at radius 3 is 2.80 bits per heavy atom. The topological polar surface area (TPSA) is 12.5 Å². The highest BCUT2D eigenvalue weighted by Crippen LogP contribution is 2.22. The van der Waals surface area contributed by atoms with Crippen LogP contribution in [0.2, 0.25) is 0 Å². The summed E-state index contributed by atoms with van der Waals surface area (Å²) in [5.41, 5.74) is 0.0184. The number of halogens is 1. The van der Waals surface area contributed by atoms with Crippen molar-refractivity contribution in [3.05, 3.63) is 0 Å². The Kier molecular flexibility index (Phi) is 5.37. The molecule has 1 saturated heterocycles. The van der Waals surface area contributed by atoms with Crippen LogP contribution < -0.4 is 0 Å². The van der Waals surface area contributed by atoms with E-state index in [4.69, 9.17) is 16.3 Å². The van der Waals surface area contributed by atoms with Gasteiger partial charge < -0.3 is 9.64 Å². The molecule has 1 atom stereocenters. The highest BCUT2D eigenvalue weighted by molar-refractivity contribution is 6.17. The van der Waals surface area contributed by atoms with E-state index in [9.17, 15) is 0 Å². The first-order chi connectivity index (χ1) is 7.07. The molecule has 15 heavy (non-hydrogen) atoms. The van der Waals surface area contributed by atoms with Crippen molar-refractivity contribution < 1.29 is 4.74 Å². The normalized spacial score (nSPS) is 23.6. The van der Waals surface area contributed by atoms with Crippen LogP contribution in [0.15, 0.2) is 0 Å². The molecular formula is C12H24ClNO. The smallest absolute Gasteiger partial charge is 0.0634 e. The second-order valence-corrected chi connectivity index (χ2v) is 5.52. The molecule has 90 valence electrons. The van der Waals surface area contributed by atoms with E-state index < -0.39 is 0 Å². The third-order valence-corrected chi connectivity index (χ3v) is 3.69. The van der Waals surface area contributed by atoms with Crippen molar-refractivity contribution in [1.29, 1.82) is 0 Å². The quantitative estimate of drug-likeness (QED) is 0.655. The molecule has 1 aliphatic rings. The standard InChI is InChI=1S/C12H24ClNO/c1-12(2,15-3)6-9-14-8-5-11(10-14)4-7-13/h11H,4-10H2,1-3H3. The molecule has 1 aliphatic heterocycles. The molecule has 1 fully saturated rings. The summed E-state index contributed by atoms with van der Waals surface area (Å²) < 4.78 is 5.42. The predicted octanol–water partition coefficient (Wildman–Crippen LogP) is 2.75. The van der Waals surface area contributed by atoms with E-state index in [1.165, 1.54) is 25.9 Å². The third-order valence-electron chi connectivity index (χ3n) is 3.47. The summed E-state index contributed by atoms with van der Waals surface area (Å²) in [7, 11) is 1.79. The molecule has 0 aromatic heterocycles. The molecule has 0 radical (unpaired) electrons. The van der Waals surface area contributed by atoms with Crippen molar-refractivity contribution in [2.45, 2.75) is 38.7 Å². The lowest BCUT2D eigenvalue weighted by Gasteiger charge is -2.26. The van der Waals surface area contributed by atoms with Gasteiger partial charge in [0, 0.05) is 26.1 Å². The number of hydrogen-bond donors (Lipinski definition) is 0. The fourth-order valence-electron chi connectivity index (χ4n) is 2.04. The first-order valence-electron chi connectivity index (χ1n) is 5.91. The Balaban J connectivity index is 2.19. The fourth-order valence-corrected chi connectivity index (χ4v) is 2.34. The number of alkyl halides is 1. The lowest BCUT2D eigenvalue weighted by Crippen LogP contribution is -2.31. The van der Waals surface area contributed by atoms with Crippen LogP contribution in [-0.4, -0.2) is 43.1 Å². The van der Waals surface area contributed by atoms with Gasteiger partial charge >= 0.3 is 0 Å². The summed E-state index contributed by atoms with van der Waals surface area (Å²) in [6.07, 6.45) is 3.60. The number of ether oxygens (including phenoxy) is 1. The van der Waals surface area contributed by atoms with Crippen LogP contribution in [0.4, 0.5) is 0 Å². The molecule has 0 aromatic rings. The summed E-state index contributed by atoms with van der Waals surface area (Å²) in [4.78, 5) is 2.54. The average Bonchev–Trinajstić information content (AvgIpc) is 2.64. The monoisotopic (exact) mass is 233 g/mol. The second kappa shape index (κ2) is 6.07. The molecule has 1 unspecified atom stereocenters. The predicted molar refractivity (Wildman–Crippen MR) is 65.6 cm³/mol. The van der Waals surface area contributed by atoms with Gasteiger partial charge in [0.25, 0.3) is 0 Å². The van der Waals surface area contributed by atoms with Gasteiger partial charge in [0.2, 0.25) is 0 Å². The number of methoxy groups -OCH3 is 1. The second-order valence-electron chi connectivity index (χ2n) is 5.15. The Hall–Kier alpha value is 0.210. The molecule has 0 amide bonds. The van der Waals surface area contributed by atoms with Crippen LogP contribution in [0.5, 0.6) is 0 Å². The minimum atomic E-state index is 0.0184. The van der Waals surface area contributed by atoms with Crippen LogP contribution in [0.1, 0.15) is 33.1 Å². The zero-order valence-electron chi connectivity index (χ0n) is 10.3. The molecule has 1 rings (SSSR count). The van der Waals surface area contributed by atoms with E-state index in [1.54, 1.807) is 7.11 Å². The molecular weight excluding hydrogens is 210 g/mol. The number of likely N-dealkylation sites (tertiary alicyclic amines) is 1. The summed E-state index contributed by atoms with van der Waals surface area (Å²) in [6, 6.07) is 0. The van der Waals surface area contributed by atoms with Gasteiger partial charge in [-0.2, -0.15) is 0 Å². The number of rotatable bonds is 6. The lowest BCUT2D eigenvalue weighted by atomic mass is 10.0. The number of hydrogen-bond acceptors (Lipinski definition) is 2. The van der Waals surface area contributed by atoms with Gasteiger partial charge in [-0.15, -0.1) is 11.6 Å². The van der Waals surface area contributed by atoms with E-state index in [1.807, 2.05) is 0 Å². The van der Waals surface area contributed by atoms with Crippen molar-refractivity contribution in [3.8, 4) is 0 Å². The van der Waals surface area contributed by atoms with Gasteiger partial charge in [-0.3, -0.25) is 0 Å². The maximum Gasteiger partial charge on any atom is 0.0634 e. The summed E-state index contributed by atoms with van der Waals surface area (Å²) in [5, 5.41) is 0. The first-order valence-corrected chi connectivity index (χ1v) is 6.44. The molecule has 0 saturated carbocycles. The molecule has 0 aromatic carbocycles. The summed E-state index contributed by atoms with van der Waals surface area (Å²) >= 11 is 5.76. The third kappa shape index (κ3) is 4.71. The van der Waals surface area contributed by atoms with Crippen molar-refractivity contribution in [2.75, 3.05) is 32.6 Å². The molecule has 0 aliphatic carbocycles. The van der Waals surface area contributed by atoms with Crippen LogP contribution >= 0.6 is 11.6 Å². The molecule has 0 spiro atoms. The van der Waals surface area contributed by atoms with E-state index >= 15 is 0 Å². The van der Waals surface area contributed by atoms with Crippen LogP contribution in [0.25, 0.3) is 0 Å². The Bertz CT molecular complexity index is 184. The van der Waals surface area contributed by atoms with Gasteiger partial charge in [0.1, 0.15) is 0 Å².